The van der Waals surface area contributed by atoms with Crippen LogP contribution in [0.5, 0.6) is 0 Å². The molecule has 0 radical (unpaired) electrons. The Bertz CT molecular complexity index is 561. The number of hydrogen-bond acceptors (Lipinski definition) is 4. The third kappa shape index (κ3) is 2.14. The summed E-state index contributed by atoms with van der Waals surface area (Å²) in [6.07, 6.45) is 3.77. The number of thiophene rings is 1. The molecule has 0 atom stereocenters. The molecule has 0 saturated carbocycles. The second-order valence-electron chi connectivity index (χ2n) is 5.76. The van der Waals surface area contributed by atoms with Crippen LogP contribution in [0.3, 0.4) is 0 Å². The van der Waals surface area contributed by atoms with Crippen LogP contribution in [-0.2, 0) is 9.31 Å². The lowest BCUT2D eigenvalue weighted by molar-refractivity contribution is 0.00578. The van der Waals surface area contributed by atoms with Crippen LogP contribution in [0.4, 0.5) is 0 Å². The minimum absolute atomic E-state index is 0.317. The summed E-state index contributed by atoms with van der Waals surface area (Å²) in [7, 11) is -0.348. The zero-order chi connectivity index (χ0) is 13.7. The van der Waals surface area contributed by atoms with Gasteiger partial charge < -0.3 is 9.31 Å². The van der Waals surface area contributed by atoms with Gasteiger partial charge in [0.05, 0.1) is 11.2 Å². The minimum Gasteiger partial charge on any atom is -0.399 e. The van der Waals surface area contributed by atoms with Crippen LogP contribution in [0.1, 0.15) is 27.7 Å². The summed E-state index contributed by atoms with van der Waals surface area (Å²) in [6, 6.07) is 4.04. The molecule has 100 valence electrons. The van der Waals surface area contributed by atoms with Gasteiger partial charge in [-0.2, -0.15) is 5.10 Å². The van der Waals surface area contributed by atoms with Gasteiger partial charge in [0.25, 0.3) is 0 Å². The van der Waals surface area contributed by atoms with Crippen molar-refractivity contribution in [3.63, 3.8) is 0 Å². The highest BCUT2D eigenvalue weighted by Crippen LogP contribution is 2.36. The van der Waals surface area contributed by atoms with Crippen LogP contribution < -0.4 is 5.46 Å². The fourth-order valence-electron chi connectivity index (χ4n) is 1.96. The maximum Gasteiger partial charge on any atom is 0.498 e. The quantitative estimate of drug-likeness (QED) is 0.789. The summed E-state index contributed by atoms with van der Waals surface area (Å²) in [5, 5.41) is 7.48. The highest BCUT2D eigenvalue weighted by atomic mass is 32.1. The van der Waals surface area contributed by atoms with Gasteiger partial charge in [0.2, 0.25) is 0 Å². The lowest BCUT2D eigenvalue weighted by Gasteiger charge is -2.32. The fourth-order valence-corrected chi connectivity index (χ4v) is 2.62. The first-order valence-corrected chi connectivity index (χ1v) is 7.21. The van der Waals surface area contributed by atoms with Crippen LogP contribution in [0.25, 0.3) is 5.00 Å². The van der Waals surface area contributed by atoms with Gasteiger partial charge in [0.15, 0.2) is 0 Å². The normalized spacial score (nSPS) is 20.9. The van der Waals surface area contributed by atoms with E-state index in [0.29, 0.717) is 0 Å². The number of aromatic nitrogens is 2. The molecule has 1 fully saturated rings. The van der Waals surface area contributed by atoms with Crippen molar-refractivity contribution in [2.75, 3.05) is 0 Å². The average Bonchev–Trinajstić information content (AvgIpc) is 3.00. The van der Waals surface area contributed by atoms with Gasteiger partial charge in [0.1, 0.15) is 5.00 Å². The van der Waals surface area contributed by atoms with E-state index in [-0.39, 0.29) is 18.3 Å². The lowest BCUT2D eigenvalue weighted by atomic mass is 9.82. The Morgan fingerprint density at radius 1 is 1.21 bits per heavy atom. The van der Waals surface area contributed by atoms with Crippen molar-refractivity contribution in [1.82, 2.24) is 9.78 Å². The molecule has 0 amide bonds. The Morgan fingerprint density at radius 3 is 2.47 bits per heavy atom. The Labute approximate surface area is 117 Å². The molecule has 19 heavy (non-hydrogen) atoms. The molecule has 0 unspecified atom stereocenters. The molecular formula is C13H17BN2O2S. The molecular weight excluding hydrogens is 259 g/mol. The molecule has 0 bridgehead atoms. The molecule has 0 aromatic carbocycles. The van der Waals surface area contributed by atoms with Crippen molar-refractivity contribution in [1.29, 1.82) is 0 Å². The van der Waals surface area contributed by atoms with Crippen LogP contribution in [-0.4, -0.2) is 28.1 Å². The first-order chi connectivity index (χ1) is 8.89. The van der Waals surface area contributed by atoms with Crippen molar-refractivity contribution in [2.45, 2.75) is 38.9 Å². The summed E-state index contributed by atoms with van der Waals surface area (Å²) < 4.78 is 13.9. The second-order valence-corrected chi connectivity index (χ2v) is 6.68. The molecule has 6 heteroatoms. The Hall–Kier alpha value is -1.11. The van der Waals surface area contributed by atoms with Gasteiger partial charge in [-0.25, -0.2) is 4.68 Å². The van der Waals surface area contributed by atoms with Gasteiger partial charge in [-0.15, -0.1) is 11.3 Å². The smallest absolute Gasteiger partial charge is 0.399 e. The largest absolute Gasteiger partial charge is 0.498 e. The maximum atomic E-state index is 6.01. The Kier molecular flexibility index (Phi) is 2.85. The third-order valence-corrected chi connectivity index (χ3v) is 4.72. The first-order valence-electron chi connectivity index (χ1n) is 6.33. The molecule has 1 aliphatic heterocycles. The van der Waals surface area contributed by atoms with Crippen molar-refractivity contribution < 1.29 is 9.31 Å². The first kappa shape index (κ1) is 12.9. The van der Waals surface area contributed by atoms with E-state index < -0.39 is 0 Å². The maximum absolute atomic E-state index is 6.01. The van der Waals surface area contributed by atoms with Crippen molar-refractivity contribution in [2.24, 2.45) is 0 Å². The van der Waals surface area contributed by atoms with E-state index >= 15 is 0 Å². The molecule has 0 aliphatic carbocycles. The summed E-state index contributed by atoms with van der Waals surface area (Å²) in [5.41, 5.74) is 0.317. The van der Waals surface area contributed by atoms with Crippen molar-refractivity contribution in [3.8, 4) is 5.00 Å². The summed E-state index contributed by atoms with van der Waals surface area (Å²) in [5.74, 6) is 0. The predicted octanol–water partition coefficient (Wildman–Crippen LogP) is 2.23. The fraction of sp³-hybridized carbons (Fsp3) is 0.462. The van der Waals surface area contributed by atoms with Crippen LogP contribution in [0.15, 0.2) is 29.9 Å². The van der Waals surface area contributed by atoms with E-state index in [4.69, 9.17) is 9.31 Å². The molecule has 3 heterocycles. The van der Waals surface area contributed by atoms with Gasteiger partial charge in [-0.05, 0) is 45.2 Å². The Balaban J connectivity index is 1.85. The predicted molar refractivity (Wildman–Crippen MR) is 77.2 cm³/mol. The molecule has 0 spiro atoms. The average molecular weight is 276 g/mol. The number of rotatable bonds is 2. The van der Waals surface area contributed by atoms with E-state index in [1.165, 1.54) is 0 Å². The van der Waals surface area contributed by atoms with E-state index in [1.807, 2.05) is 34.6 Å². The van der Waals surface area contributed by atoms with E-state index in [9.17, 15) is 0 Å². The molecule has 2 aromatic rings. The van der Waals surface area contributed by atoms with Crippen LogP contribution in [0.2, 0.25) is 0 Å². The van der Waals surface area contributed by atoms with Crippen LogP contribution >= 0.6 is 11.3 Å². The van der Waals surface area contributed by atoms with Crippen molar-refractivity contribution >= 4 is 23.9 Å². The van der Waals surface area contributed by atoms with E-state index in [1.54, 1.807) is 11.3 Å². The van der Waals surface area contributed by atoms with E-state index in [0.717, 1.165) is 10.5 Å². The highest BCUT2D eigenvalue weighted by Gasteiger charge is 2.52. The van der Waals surface area contributed by atoms with Crippen molar-refractivity contribution in [3.05, 3.63) is 29.9 Å². The van der Waals surface area contributed by atoms with Crippen LogP contribution in [0, 0.1) is 0 Å². The SMILES string of the molecule is CC1(C)OB(c2cnn(-c3cccs3)c2)OC1(C)C. The molecule has 2 aromatic heterocycles. The topological polar surface area (TPSA) is 36.3 Å². The van der Waals surface area contributed by atoms with Gasteiger partial charge in [0, 0.05) is 17.9 Å². The van der Waals surface area contributed by atoms with Gasteiger partial charge >= 0.3 is 7.12 Å². The third-order valence-electron chi connectivity index (χ3n) is 3.86. The minimum atomic E-state index is -0.348. The van der Waals surface area contributed by atoms with E-state index in [2.05, 4.69) is 32.8 Å². The monoisotopic (exact) mass is 276 g/mol. The Morgan fingerprint density at radius 2 is 1.89 bits per heavy atom. The standard InChI is InChI=1S/C13H17BN2O2S/c1-12(2)13(3,4)18-14(17-12)10-8-15-16(9-10)11-6-5-7-19-11/h5-9H,1-4H3. The number of hydrogen-bond donors (Lipinski definition) is 0. The van der Waals surface area contributed by atoms with Gasteiger partial charge in [-0.1, -0.05) is 0 Å². The molecule has 0 N–H and O–H groups in total. The number of nitrogens with zero attached hydrogens (tertiary/aromatic N) is 2. The summed E-state index contributed by atoms with van der Waals surface area (Å²) in [4.78, 5) is 0. The highest BCUT2D eigenvalue weighted by molar-refractivity contribution is 7.12. The zero-order valence-corrected chi connectivity index (χ0v) is 12.4. The molecule has 1 aliphatic rings. The molecule has 3 rings (SSSR count). The zero-order valence-electron chi connectivity index (χ0n) is 11.6. The summed E-state index contributed by atoms with van der Waals surface area (Å²) >= 11 is 1.65. The lowest BCUT2D eigenvalue weighted by Crippen LogP contribution is -2.41. The molecule has 4 nitrogen and oxygen atoms in total. The van der Waals surface area contributed by atoms with Gasteiger partial charge in [-0.3, -0.25) is 0 Å². The molecule has 1 saturated heterocycles. The summed E-state index contributed by atoms with van der Waals surface area (Å²) in [6.45, 7) is 8.21. The second kappa shape index (κ2) is 4.20.